The fraction of sp³-hybridized carbons (Fsp3) is 0.154. The lowest BCUT2D eigenvalue weighted by Gasteiger charge is -2.11. The van der Waals surface area contributed by atoms with Crippen LogP contribution in [0.1, 0.15) is 24.0 Å². The molecule has 0 amide bonds. The Morgan fingerprint density at radius 3 is 2.24 bits per heavy atom. The van der Waals surface area contributed by atoms with Crippen LogP contribution in [0.15, 0.2) is 77.2 Å². The van der Waals surface area contributed by atoms with E-state index in [1.54, 1.807) is 12.1 Å². The van der Waals surface area contributed by atoms with Crippen LogP contribution in [0.5, 0.6) is 11.5 Å². The van der Waals surface area contributed by atoms with E-state index in [-0.39, 0.29) is 11.7 Å². The van der Waals surface area contributed by atoms with Crippen LogP contribution in [-0.2, 0) is 0 Å². The number of unbranched alkanes of at least 4 members (excludes halogenated alkanes) is 1. The third-order valence-corrected chi connectivity index (χ3v) is 5.21. The van der Waals surface area contributed by atoms with Gasteiger partial charge in [-0.25, -0.2) is 0 Å². The van der Waals surface area contributed by atoms with Gasteiger partial charge >= 0.3 is 0 Å². The van der Waals surface area contributed by atoms with Gasteiger partial charge in [0.2, 0.25) is 0 Å². The first-order valence-corrected chi connectivity index (χ1v) is 10.7. The van der Waals surface area contributed by atoms with E-state index in [1.165, 1.54) is 0 Å². The maximum atomic E-state index is 7.60. The van der Waals surface area contributed by atoms with Gasteiger partial charge in [0.25, 0.3) is 0 Å². The summed E-state index contributed by atoms with van der Waals surface area (Å²) in [5, 5.41) is 16.1. The van der Waals surface area contributed by atoms with Crippen molar-refractivity contribution in [2.45, 2.75) is 12.8 Å². The van der Waals surface area contributed by atoms with Crippen molar-refractivity contribution in [1.82, 2.24) is 0 Å². The number of nitrogens with two attached hydrogens (primary N) is 2. The Hall–Kier alpha value is -4.26. The molecule has 1 aromatic heterocycles. The molecule has 4 rings (SSSR count). The molecule has 0 spiro atoms. The highest BCUT2D eigenvalue weighted by Crippen LogP contribution is 2.29. The number of para-hydroxylation sites is 1. The molecule has 33 heavy (non-hydrogen) atoms. The number of hydrogen-bond donors (Lipinski definition) is 4. The van der Waals surface area contributed by atoms with Crippen molar-refractivity contribution in [2.24, 2.45) is 11.5 Å². The summed E-state index contributed by atoms with van der Waals surface area (Å²) in [6.07, 6.45) is 1.66. The van der Waals surface area contributed by atoms with Crippen LogP contribution in [-0.4, -0.2) is 24.9 Å². The van der Waals surface area contributed by atoms with Crippen molar-refractivity contribution in [3.63, 3.8) is 0 Å². The van der Waals surface area contributed by atoms with Crippen LogP contribution in [0.4, 0.5) is 0 Å². The van der Waals surface area contributed by atoms with Gasteiger partial charge in [0.05, 0.1) is 18.8 Å². The Kier molecular flexibility index (Phi) is 6.59. The van der Waals surface area contributed by atoms with Gasteiger partial charge in [-0.3, -0.25) is 10.8 Å². The summed E-state index contributed by atoms with van der Waals surface area (Å²) >= 11 is 0. The number of fused-ring (bicyclic) bond motifs is 1. The topological polar surface area (TPSA) is 131 Å². The zero-order valence-electron chi connectivity index (χ0n) is 18.1. The molecule has 6 N–H and O–H groups in total. The van der Waals surface area contributed by atoms with Crippen molar-refractivity contribution in [1.29, 1.82) is 10.8 Å². The van der Waals surface area contributed by atoms with Crippen LogP contribution in [0.3, 0.4) is 0 Å². The van der Waals surface area contributed by atoms with Crippen LogP contribution in [0.25, 0.3) is 22.3 Å². The molecule has 0 saturated carbocycles. The van der Waals surface area contributed by atoms with Gasteiger partial charge in [0.15, 0.2) is 0 Å². The molecule has 168 valence electrons. The van der Waals surface area contributed by atoms with E-state index in [0.717, 1.165) is 40.9 Å². The number of nitrogens with one attached hydrogen (secondary N) is 2. The third kappa shape index (κ3) is 5.33. The number of rotatable bonds is 10. The van der Waals surface area contributed by atoms with Crippen LogP contribution in [0, 0.1) is 10.8 Å². The normalized spacial score (nSPS) is 10.8. The summed E-state index contributed by atoms with van der Waals surface area (Å²) in [5.74, 6) is 2.20. The minimum atomic E-state index is 0.000777. The lowest BCUT2D eigenvalue weighted by Crippen LogP contribution is -2.13. The highest BCUT2D eigenvalue weighted by molar-refractivity contribution is 5.99. The van der Waals surface area contributed by atoms with E-state index < -0.39 is 0 Å². The average molecular weight is 443 g/mol. The van der Waals surface area contributed by atoms with E-state index in [2.05, 4.69) is 0 Å². The Bertz CT molecular complexity index is 1280. The first-order valence-electron chi connectivity index (χ1n) is 10.7. The fourth-order valence-electron chi connectivity index (χ4n) is 3.46. The molecular weight excluding hydrogens is 416 g/mol. The van der Waals surface area contributed by atoms with Gasteiger partial charge in [0.1, 0.15) is 34.5 Å². The molecule has 7 heteroatoms. The zero-order valence-corrected chi connectivity index (χ0v) is 18.1. The van der Waals surface area contributed by atoms with Gasteiger partial charge < -0.3 is 25.4 Å². The van der Waals surface area contributed by atoms with Crippen molar-refractivity contribution in [3.8, 4) is 22.8 Å². The average Bonchev–Trinajstić information content (AvgIpc) is 3.25. The largest absolute Gasteiger partial charge is 0.494 e. The Morgan fingerprint density at radius 2 is 1.52 bits per heavy atom. The van der Waals surface area contributed by atoms with Gasteiger partial charge in [-0.15, -0.1) is 0 Å². The highest BCUT2D eigenvalue weighted by atomic mass is 16.5. The van der Waals surface area contributed by atoms with Crippen LogP contribution >= 0.6 is 0 Å². The van der Waals surface area contributed by atoms with Crippen molar-refractivity contribution >= 4 is 22.6 Å². The SMILES string of the molecule is N=C(N)c1ccc2oc(-c3ccc(OCCCCOc4ccccc4C(=N)N)cc3)cc2c1. The Morgan fingerprint density at radius 1 is 0.788 bits per heavy atom. The number of furan rings is 1. The molecule has 0 bridgehead atoms. The minimum Gasteiger partial charge on any atom is -0.494 e. The number of nitrogen functional groups attached to an aromatic ring is 2. The van der Waals surface area contributed by atoms with Gasteiger partial charge in [-0.1, -0.05) is 12.1 Å². The van der Waals surface area contributed by atoms with Crippen molar-refractivity contribution in [2.75, 3.05) is 13.2 Å². The lowest BCUT2D eigenvalue weighted by atomic mass is 10.1. The zero-order chi connectivity index (χ0) is 23.2. The first kappa shape index (κ1) is 22.0. The Labute approximate surface area is 191 Å². The molecule has 0 aliphatic carbocycles. The van der Waals surface area contributed by atoms with E-state index >= 15 is 0 Å². The molecule has 3 aromatic carbocycles. The van der Waals surface area contributed by atoms with Crippen LogP contribution < -0.4 is 20.9 Å². The van der Waals surface area contributed by atoms with Gasteiger partial charge in [-0.2, -0.15) is 0 Å². The predicted octanol–water partition coefficient (Wildman–Crippen LogP) is 4.91. The van der Waals surface area contributed by atoms with E-state index in [9.17, 15) is 0 Å². The second-order valence-corrected chi connectivity index (χ2v) is 7.62. The Balaban J connectivity index is 1.26. The van der Waals surface area contributed by atoms with Gasteiger partial charge in [-0.05, 0) is 73.5 Å². The van der Waals surface area contributed by atoms with Crippen molar-refractivity contribution in [3.05, 3.63) is 83.9 Å². The summed E-state index contributed by atoms with van der Waals surface area (Å²) in [4.78, 5) is 0. The molecule has 0 saturated heterocycles. The second kappa shape index (κ2) is 9.91. The maximum Gasteiger partial charge on any atom is 0.135 e. The molecule has 4 aromatic rings. The lowest BCUT2D eigenvalue weighted by molar-refractivity contribution is 0.266. The number of amidine groups is 2. The minimum absolute atomic E-state index is 0.000777. The van der Waals surface area contributed by atoms with Crippen LogP contribution in [0.2, 0.25) is 0 Å². The first-order chi connectivity index (χ1) is 16.0. The summed E-state index contributed by atoms with van der Waals surface area (Å²) in [5.41, 5.74) is 14.1. The summed E-state index contributed by atoms with van der Waals surface area (Å²) in [6.45, 7) is 1.11. The second-order valence-electron chi connectivity index (χ2n) is 7.62. The molecule has 7 nitrogen and oxygen atoms in total. The molecular formula is C26H26N4O3. The smallest absolute Gasteiger partial charge is 0.135 e. The molecule has 1 heterocycles. The fourth-order valence-corrected chi connectivity index (χ4v) is 3.46. The van der Waals surface area contributed by atoms with E-state index in [0.29, 0.717) is 30.1 Å². The van der Waals surface area contributed by atoms with E-state index in [1.807, 2.05) is 60.7 Å². The van der Waals surface area contributed by atoms with E-state index in [4.69, 9.17) is 36.2 Å². The number of ether oxygens (including phenoxy) is 2. The molecule has 0 radical (unpaired) electrons. The predicted molar refractivity (Wildman–Crippen MR) is 130 cm³/mol. The monoisotopic (exact) mass is 442 g/mol. The quantitative estimate of drug-likeness (QED) is 0.157. The summed E-state index contributed by atoms with van der Waals surface area (Å²) < 4.78 is 17.5. The maximum absolute atomic E-state index is 7.60. The summed E-state index contributed by atoms with van der Waals surface area (Å²) in [6, 6.07) is 22.5. The number of hydrogen-bond acceptors (Lipinski definition) is 5. The standard InChI is InChI=1S/C26H26N4O3/c27-25(28)18-9-12-22-19(15-18)16-24(33-22)17-7-10-20(11-8-17)31-13-3-4-14-32-23-6-2-1-5-21(23)26(29)30/h1-2,5-12,15-16H,3-4,13-14H2,(H3,27,28)(H3,29,30). The molecule has 0 aliphatic heterocycles. The molecule has 0 atom stereocenters. The number of benzene rings is 3. The highest BCUT2D eigenvalue weighted by Gasteiger charge is 2.09. The van der Waals surface area contributed by atoms with Crippen molar-refractivity contribution < 1.29 is 13.9 Å². The molecule has 0 fully saturated rings. The molecule has 0 aliphatic rings. The summed E-state index contributed by atoms with van der Waals surface area (Å²) in [7, 11) is 0. The van der Waals surface area contributed by atoms with Gasteiger partial charge in [0, 0.05) is 16.5 Å². The third-order valence-electron chi connectivity index (χ3n) is 5.21. The molecule has 0 unspecified atom stereocenters.